The molecule has 0 saturated heterocycles. The van der Waals surface area contributed by atoms with E-state index >= 15 is 0 Å². The number of aryl methyl sites for hydroxylation is 1. The third-order valence-corrected chi connectivity index (χ3v) is 2.37. The van der Waals surface area contributed by atoms with Gasteiger partial charge in [0.2, 0.25) is 5.95 Å². The average molecular weight is 198 g/mol. The monoisotopic (exact) mass is 198 g/mol. The van der Waals surface area contributed by atoms with Gasteiger partial charge in [-0.3, -0.25) is 0 Å². The van der Waals surface area contributed by atoms with Crippen molar-refractivity contribution in [2.75, 3.05) is 11.5 Å². The second kappa shape index (κ2) is 5.01. The van der Waals surface area contributed by atoms with Gasteiger partial charge in [-0.15, -0.1) is 0 Å². The maximum atomic E-state index is 5.54. The van der Waals surface area contributed by atoms with Crippen LogP contribution in [0, 0.1) is 0 Å². The van der Waals surface area contributed by atoms with Crippen molar-refractivity contribution >= 4 is 17.7 Å². The fourth-order valence-electron chi connectivity index (χ4n) is 0.904. The fourth-order valence-corrected chi connectivity index (χ4v) is 1.42. The molecule has 1 heterocycles. The Morgan fingerprint density at radius 1 is 1.15 bits per heavy atom. The van der Waals surface area contributed by atoms with E-state index in [2.05, 4.69) is 21.9 Å². The molecule has 0 aliphatic heterocycles. The first kappa shape index (κ1) is 10.2. The van der Waals surface area contributed by atoms with E-state index in [1.165, 1.54) is 0 Å². The van der Waals surface area contributed by atoms with Crippen molar-refractivity contribution in [1.82, 2.24) is 15.0 Å². The highest BCUT2D eigenvalue weighted by molar-refractivity contribution is 7.98. The van der Waals surface area contributed by atoms with E-state index in [0.29, 0.717) is 5.95 Å². The van der Waals surface area contributed by atoms with Gasteiger partial charge in [-0.05, 0) is 5.75 Å². The Hall–Kier alpha value is -0.840. The first-order chi connectivity index (χ1) is 6.26. The molecule has 0 spiro atoms. The molecule has 0 amide bonds. The first-order valence-electron chi connectivity index (χ1n) is 4.33. The number of nitrogens with two attached hydrogens (primary N) is 1. The van der Waals surface area contributed by atoms with Crippen LogP contribution in [0.25, 0.3) is 0 Å². The zero-order valence-electron chi connectivity index (χ0n) is 7.95. The molecule has 0 aliphatic rings. The Kier molecular flexibility index (Phi) is 3.95. The fraction of sp³-hybridized carbons (Fsp3) is 0.625. The van der Waals surface area contributed by atoms with Crippen LogP contribution in [0.1, 0.15) is 25.5 Å². The molecule has 0 aliphatic carbocycles. The van der Waals surface area contributed by atoms with Gasteiger partial charge in [-0.1, -0.05) is 13.8 Å². The van der Waals surface area contributed by atoms with Crippen molar-refractivity contribution in [2.24, 2.45) is 0 Å². The second-order valence-electron chi connectivity index (χ2n) is 2.52. The molecule has 0 atom stereocenters. The van der Waals surface area contributed by atoms with E-state index in [4.69, 9.17) is 5.73 Å². The van der Waals surface area contributed by atoms with Crippen LogP contribution in [0.2, 0.25) is 0 Å². The summed E-state index contributed by atoms with van der Waals surface area (Å²) < 4.78 is 0. The summed E-state index contributed by atoms with van der Waals surface area (Å²) in [4.78, 5) is 12.3. The van der Waals surface area contributed by atoms with Crippen LogP contribution in [0.3, 0.4) is 0 Å². The molecule has 72 valence electrons. The van der Waals surface area contributed by atoms with E-state index in [1.54, 1.807) is 11.8 Å². The van der Waals surface area contributed by atoms with Crippen LogP contribution in [-0.2, 0) is 12.2 Å². The molecule has 0 fully saturated rings. The highest BCUT2D eigenvalue weighted by atomic mass is 32.2. The normalized spacial score (nSPS) is 10.3. The highest BCUT2D eigenvalue weighted by Crippen LogP contribution is 2.08. The van der Waals surface area contributed by atoms with E-state index < -0.39 is 0 Å². The average Bonchev–Trinajstić information content (AvgIpc) is 2.14. The molecule has 2 N–H and O–H groups in total. The Bertz CT molecular complexity index is 277. The van der Waals surface area contributed by atoms with Crippen LogP contribution >= 0.6 is 11.8 Å². The number of hydrogen-bond donors (Lipinski definition) is 1. The van der Waals surface area contributed by atoms with Crippen molar-refractivity contribution in [3.8, 4) is 0 Å². The standard InChI is InChI=1S/C8H14N4S/c1-3-6-10-7(5-13-4-2)12-8(9)11-6/h3-5H2,1-2H3,(H2,9,10,11,12). The number of rotatable bonds is 4. The van der Waals surface area contributed by atoms with Gasteiger partial charge >= 0.3 is 0 Å². The van der Waals surface area contributed by atoms with Crippen molar-refractivity contribution in [3.05, 3.63) is 11.6 Å². The van der Waals surface area contributed by atoms with E-state index in [0.717, 1.165) is 29.6 Å². The first-order valence-corrected chi connectivity index (χ1v) is 5.48. The zero-order valence-corrected chi connectivity index (χ0v) is 8.77. The lowest BCUT2D eigenvalue weighted by molar-refractivity contribution is 0.867. The number of thioether (sulfide) groups is 1. The van der Waals surface area contributed by atoms with Crippen molar-refractivity contribution in [3.63, 3.8) is 0 Å². The van der Waals surface area contributed by atoms with Gasteiger partial charge in [0, 0.05) is 6.42 Å². The molecule has 0 radical (unpaired) electrons. The topological polar surface area (TPSA) is 64.7 Å². The quantitative estimate of drug-likeness (QED) is 0.789. The number of hydrogen-bond acceptors (Lipinski definition) is 5. The Labute approximate surface area is 82.4 Å². The molecule has 4 nitrogen and oxygen atoms in total. The van der Waals surface area contributed by atoms with Crippen LogP contribution in [0.15, 0.2) is 0 Å². The van der Waals surface area contributed by atoms with Gasteiger partial charge in [0.25, 0.3) is 0 Å². The van der Waals surface area contributed by atoms with Crippen LogP contribution in [0.4, 0.5) is 5.95 Å². The highest BCUT2D eigenvalue weighted by Gasteiger charge is 2.01. The molecular formula is C8H14N4S. The minimum absolute atomic E-state index is 0.332. The third-order valence-electron chi connectivity index (χ3n) is 1.50. The number of nitrogen functional groups attached to an aromatic ring is 1. The molecule has 1 aromatic heterocycles. The summed E-state index contributed by atoms with van der Waals surface area (Å²) in [5, 5.41) is 0. The Morgan fingerprint density at radius 3 is 2.46 bits per heavy atom. The minimum atomic E-state index is 0.332. The maximum absolute atomic E-state index is 5.54. The summed E-state index contributed by atoms with van der Waals surface area (Å²) in [5.74, 6) is 3.78. The van der Waals surface area contributed by atoms with Gasteiger partial charge in [-0.25, -0.2) is 4.98 Å². The lowest BCUT2D eigenvalue weighted by Gasteiger charge is -2.01. The summed E-state index contributed by atoms with van der Waals surface area (Å²) in [7, 11) is 0. The van der Waals surface area contributed by atoms with Crippen molar-refractivity contribution in [1.29, 1.82) is 0 Å². The van der Waals surface area contributed by atoms with Crippen LogP contribution < -0.4 is 5.73 Å². The molecule has 0 aromatic carbocycles. The zero-order chi connectivity index (χ0) is 9.68. The molecule has 0 saturated carbocycles. The van der Waals surface area contributed by atoms with Gasteiger partial charge in [0.05, 0.1) is 5.75 Å². The molecule has 1 rings (SSSR count). The SMILES string of the molecule is CCSCc1nc(N)nc(CC)n1. The van der Waals surface area contributed by atoms with Crippen molar-refractivity contribution < 1.29 is 0 Å². The number of nitrogens with zero attached hydrogens (tertiary/aromatic N) is 3. The van der Waals surface area contributed by atoms with Gasteiger partial charge in [0.1, 0.15) is 11.6 Å². The lowest BCUT2D eigenvalue weighted by Crippen LogP contribution is -2.05. The smallest absolute Gasteiger partial charge is 0.223 e. The number of aromatic nitrogens is 3. The minimum Gasteiger partial charge on any atom is -0.368 e. The summed E-state index contributed by atoms with van der Waals surface area (Å²) >= 11 is 1.78. The maximum Gasteiger partial charge on any atom is 0.223 e. The molecule has 1 aromatic rings. The number of anilines is 1. The van der Waals surface area contributed by atoms with Gasteiger partial charge < -0.3 is 5.73 Å². The van der Waals surface area contributed by atoms with Gasteiger partial charge in [-0.2, -0.15) is 21.7 Å². The Morgan fingerprint density at radius 2 is 1.85 bits per heavy atom. The van der Waals surface area contributed by atoms with E-state index in [-0.39, 0.29) is 0 Å². The lowest BCUT2D eigenvalue weighted by atomic mass is 10.4. The van der Waals surface area contributed by atoms with Crippen molar-refractivity contribution in [2.45, 2.75) is 26.0 Å². The summed E-state index contributed by atoms with van der Waals surface area (Å²) in [5.41, 5.74) is 5.54. The van der Waals surface area contributed by atoms with Gasteiger partial charge in [0.15, 0.2) is 0 Å². The Balaban J connectivity index is 2.76. The van der Waals surface area contributed by atoms with E-state index in [9.17, 15) is 0 Å². The van der Waals surface area contributed by atoms with E-state index in [1.807, 2.05) is 6.92 Å². The van der Waals surface area contributed by atoms with Crippen LogP contribution in [-0.4, -0.2) is 20.7 Å². The largest absolute Gasteiger partial charge is 0.368 e. The molecule has 0 unspecified atom stereocenters. The summed E-state index contributed by atoms with van der Waals surface area (Å²) in [6.45, 7) is 4.11. The third kappa shape index (κ3) is 3.18. The molecular weight excluding hydrogens is 184 g/mol. The van der Waals surface area contributed by atoms with Crippen LogP contribution in [0.5, 0.6) is 0 Å². The molecule has 5 heteroatoms. The molecule has 0 bridgehead atoms. The predicted molar refractivity (Wildman–Crippen MR) is 55.5 cm³/mol. The predicted octanol–water partition coefficient (Wildman–Crippen LogP) is 1.27. The molecule has 13 heavy (non-hydrogen) atoms. The second-order valence-corrected chi connectivity index (χ2v) is 3.79. The summed E-state index contributed by atoms with van der Waals surface area (Å²) in [6, 6.07) is 0. The summed E-state index contributed by atoms with van der Waals surface area (Å²) in [6.07, 6.45) is 0.802.